The van der Waals surface area contributed by atoms with Crippen molar-refractivity contribution in [2.45, 2.75) is 6.18 Å². The lowest BCUT2D eigenvalue weighted by Crippen LogP contribution is -2.10. The quantitative estimate of drug-likeness (QED) is 0.457. The lowest BCUT2D eigenvalue weighted by molar-refractivity contribution is -0.137. The summed E-state index contributed by atoms with van der Waals surface area (Å²) in [6.45, 7) is 0. The normalized spacial score (nSPS) is 11.6. The molecule has 0 unspecified atom stereocenters. The van der Waals surface area contributed by atoms with E-state index in [0.29, 0.717) is 12.1 Å². The second-order valence-corrected chi connectivity index (χ2v) is 3.93. The first-order chi connectivity index (χ1) is 7.27. The first-order valence-corrected chi connectivity index (χ1v) is 5.25. The molecule has 0 bridgehead atoms. The lowest BCUT2D eigenvalue weighted by atomic mass is 10.1. The van der Waals surface area contributed by atoms with Gasteiger partial charge in [-0.1, -0.05) is 0 Å². The molecule has 0 aliphatic rings. The Morgan fingerprint density at radius 1 is 1.38 bits per heavy atom. The number of rotatable bonds is 2. The molecule has 0 radical (unpaired) electrons. The first-order valence-electron chi connectivity index (χ1n) is 3.92. The molecule has 7 heteroatoms. The Bertz CT molecular complexity index is 430. The number of hydrogen-bond acceptors (Lipinski definition) is 1. The molecule has 0 amide bonds. The van der Waals surface area contributed by atoms with E-state index in [2.05, 4.69) is 15.9 Å². The molecule has 0 saturated carbocycles. The third-order valence-corrected chi connectivity index (χ3v) is 2.83. The number of carbonyl (C=O) groups is 1. The Kier molecular flexibility index (Phi) is 3.96. The molecule has 0 aliphatic heterocycles. The Labute approximate surface area is 102 Å². The monoisotopic (exact) mass is 318 g/mol. The van der Waals surface area contributed by atoms with Gasteiger partial charge in [0, 0.05) is 5.56 Å². The van der Waals surface area contributed by atoms with Gasteiger partial charge in [-0.05, 0) is 28.1 Å². The maximum atomic E-state index is 13.1. The van der Waals surface area contributed by atoms with Gasteiger partial charge >= 0.3 is 6.18 Å². The number of hydrogen-bond donors (Lipinski definition) is 0. The molecule has 0 N–H and O–H groups in total. The van der Waals surface area contributed by atoms with Gasteiger partial charge in [0.1, 0.15) is 5.82 Å². The summed E-state index contributed by atoms with van der Waals surface area (Å²) in [6, 6.07) is 0.882. The smallest absolute Gasteiger partial charge is 0.293 e. The zero-order valence-electron chi connectivity index (χ0n) is 7.54. The lowest BCUT2D eigenvalue weighted by Gasteiger charge is -2.10. The number of alkyl halides is 4. The summed E-state index contributed by atoms with van der Waals surface area (Å²) >= 11 is 7.90. The van der Waals surface area contributed by atoms with Crippen LogP contribution in [0.3, 0.4) is 0 Å². The van der Waals surface area contributed by atoms with Gasteiger partial charge in [-0.3, -0.25) is 4.79 Å². The SMILES string of the molecule is O=C(CCl)c1cc(C(F)(F)F)cc(F)c1Br. The van der Waals surface area contributed by atoms with Crippen molar-refractivity contribution in [1.29, 1.82) is 0 Å². The van der Waals surface area contributed by atoms with Gasteiger partial charge in [0.05, 0.1) is 15.9 Å². The highest BCUT2D eigenvalue weighted by Gasteiger charge is 2.32. The third-order valence-electron chi connectivity index (χ3n) is 1.78. The molecule has 0 fully saturated rings. The van der Waals surface area contributed by atoms with Crippen molar-refractivity contribution in [1.82, 2.24) is 0 Å². The fraction of sp³-hybridized carbons (Fsp3) is 0.222. The number of Topliss-reactive ketones (excluding diaryl/α,β-unsaturated/α-hetero) is 1. The van der Waals surface area contributed by atoms with E-state index < -0.39 is 34.8 Å². The largest absolute Gasteiger partial charge is 0.416 e. The minimum absolute atomic E-state index is 0.314. The molecule has 1 aromatic carbocycles. The highest BCUT2D eigenvalue weighted by molar-refractivity contribution is 9.10. The topological polar surface area (TPSA) is 17.1 Å². The van der Waals surface area contributed by atoms with Crippen LogP contribution in [0.2, 0.25) is 0 Å². The number of carbonyl (C=O) groups excluding carboxylic acids is 1. The minimum Gasteiger partial charge on any atom is -0.293 e. The molecule has 1 nitrogen and oxygen atoms in total. The molecule has 1 rings (SSSR count). The summed E-state index contributed by atoms with van der Waals surface area (Å²) in [5.74, 6) is -2.44. The van der Waals surface area contributed by atoms with E-state index in [0.717, 1.165) is 0 Å². The predicted molar refractivity (Wildman–Crippen MR) is 54.2 cm³/mol. The fourth-order valence-electron chi connectivity index (χ4n) is 1.03. The van der Waals surface area contributed by atoms with Crippen LogP contribution in [0.5, 0.6) is 0 Å². The van der Waals surface area contributed by atoms with Gasteiger partial charge in [0.15, 0.2) is 5.78 Å². The molecule has 0 aliphatic carbocycles. The molecule has 0 aromatic heterocycles. The molecule has 1 aromatic rings. The van der Waals surface area contributed by atoms with Crippen molar-refractivity contribution in [2.24, 2.45) is 0 Å². The molecule has 88 valence electrons. The van der Waals surface area contributed by atoms with Gasteiger partial charge in [-0.15, -0.1) is 11.6 Å². The second-order valence-electron chi connectivity index (χ2n) is 2.87. The van der Waals surface area contributed by atoms with E-state index in [-0.39, 0.29) is 4.47 Å². The van der Waals surface area contributed by atoms with Crippen LogP contribution in [0.25, 0.3) is 0 Å². The van der Waals surface area contributed by atoms with Gasteiger partial charge in [-0.2, -0.15) is 13.2 Å². The summed E-state index contributed by atoms with van der Waals surface area (Å²) < 4.78 is 49.8. The Balaban J connectivity index is 3.39. The van der Waals surface area contributed by atoms with Crippen molar-refractivity contribution in [3.63, 3.8) is 0 Å². The zero-order valence-corrected chi connectivity index (χ0v) is 9.88. The van der Waals surface area contributed by atoms with Crippen LogP contribution in [-0.4, -0.2) is 11.7 Å². The van der Waals surface area contributed by atoms with E-state index >= 15 is 0 Å². The number of benzene rings is 1. The Morgan fingerprint density at radius 2 is 1.94 bits per heavy atom. The molecule has 0 atom stereocenters. The van der Waals surface area contributed by atoms with Crippen molar-refractivity contribution in [3.05, 3.63) is 33.5 Å². The molecular weight excluding hydrogens is 315 g/mol. The van der Waals surface area contributed by atoms with Crippen molar-refractivity contribution >= 4 is 33.3 Å². The molecule has 0 spiro atoms. The molecule has 16 heavy (non-hydrogen) atoms. The van der Waals surface area contributed by atoms with E-state index in [1.165, 1.54) is 0 Å². The van der Waals surface area contributed by atoms with Crippen molar-refractivity contribution in [2.75, 3.05) is 5.88 Å². The fourth-order valence-corrected chi connectivity index (χ4v) is 1.62. The predicted octanol–water partition coefficient (Wildman–Crippen LogP) is 4.03. The van der Waals surface area contributed by atoms with Crippen LogP contribution in [-0.2, 0) is 6.18 Å². The van der Waals surface area contributed by atoms with Crippen molar-refractivity contribution < 1.29 is 22.4 Å². The average Bonchev–Trinajstić information content (AvgIpc) is 2.19. The highest BCUT2D eigenvalue weighted by Crippen LogP contribution is 2.33. The van der Waals surface area contributed by atoms with E-state index in [1.54, 1.807) is 0 Å². The third kappa shape index (κ3) is 2.74. The van der Waals surface area contributed by atoms with Crippen LogP contribution in [0.1, 0.15) is 15.9 Å². The summed E-state index contributed by atoms with van der Waals surface area (Å²) in [4.78, 5) is 11.2. The molecule has 0 heterocycles. The van der Waals surface area contributed by atoms with Gasteiger partial charge in [0.2, 0.25) is 0 Å². The van der Waals surface area contributed by atoms with Crippen LogP contribution in [0.15, 0.2) is 16.6 Å². The van der Waals surface area contributed by atoms with Crippen LogP contribution >= 0.6 is 27.5 Å². The van der Waals surface area contributed by atoms with E-state index in [1.807, 2.05) is 0 Å². The average molecular weight is 319 g/mol. The van der Waals surface area contributed by atoms with E-state index in [4.69, 9.17) is 11.6 Å². The van der Waals surface area contributed by atoms with Gasteiger partial charge in [-0.25, -0.2) is 4.39 Å². The maximum Gasteiger partial charge on any atom is 0.416 e. The maximum absolute atomic E-state index is 13.1. The van der Waals surface area contributed by atoms with Crippen LogP contribution in [0.4, 0.5) is 17.6 Å². The van der Waals surface area contributed by atoms with Crippen LogP contribution < -0.4 is 0 Å². The number of halogens is 6. The first kappa shape index (κ1) is 13.4. The summed E-state index contributed by atoms with van der Waals surface area (Å²) in [6.07, 6.45) is -4.71. The zero-order chi connectivity index (χ0) is 12.5. The molecule has 0 saturated heterocycles. The van der Waals surface area contributed by atoms with Crippen molar-refractivity contribution in [3.8, 4) is 0 Å². The number of ketones is 1. The van der Waals surface area contributed by atoms with Crippen LogP contribution in [0, 0.1) is 5.82 Å². The minimum atomic E-state index is -4.71. The van der Waals surface area contributed by atoms with Gasteiger partial charge < -0.3 is 0 Å². The summed E-state index contributed by atoms with van der Waals surface area (Å²) in [5.41, 5.74) is -1.64. The summed E-state index contributed by atoms with van der Waals surface area (Å²) in [5, 5.41) is 0. The highest BCUT2D eigenvalue weighted by atomic mass is 79.9. The van der Waals surface area contributed by atoms with Gasteiger partial charge in [0.25, 0.3) is 0 Å². The Hall–Kier alpha value is -0.620. The van der Waals surface area contributed by atoms with E-state index in [9.17, 15) is 22.4 Å². The standard InChI is InChI=1S/C9H4BrClF4O/c10-8-5(7(16)3-11)1-4(2-6(8)12)9(13,14)15/h1-2H,3H2. The summed E-state index contributed by atoms with van der Waals surface area (Å²) in [7, 11) is 0. The second kappa shape index (κ2) is 4.71. The molecular formula is C9H4BrClF4O. The Morgan fingerprint density at radius 3 is 2.38 bits per heavy atom.